The van der Waals surface area contributed by atoms with Gasteiger partial charge in [-0.2, -0.15) is 0 Å². The molecule has 2 aromatic rings. The summed E-state index contributed by atoms with van der Waals surface area (Å²) in [6.07, 6.45) is 1.01. The summed E-state index contributed by atoms with van der Waals surface area (Å²) in [5.41, 5.74) is -0.707. The molecule has 2 N–H and O–H groups in total. The summed E-state index contributed by atoms with van der Waals surface area (Å²) >= 11 is 0.779. The summed E-state index contributed by atoms with van der Waals surface area (Å²) < 4.78 is 0. The van der Waals surface area contributed by atoms with E-state index in [1.807, 2.05) is 0 Å². The Bertz CT molecular complexity index is 788. The maximum absolute atomic E-state index is 11.3. The van der Waals surface area contributed by atoms with Gasteiger partial charge >= 0.3 is 11.7 Å². The highest BCUT2D eigenvalue weighted by Crippen LogP contribution is 2.31. The molecule has 0 aromatic carbocycles. The van der Waals surface area contributed by atoms with Crippen molar-refractivity contribution in [3.63, 3.8) is 0 Å². The van der Waals surface area contributed by atoms with Crippen molar-refractivity contribution in [1.82, 2.24) is 15.0 Å². The van der Waals surface area contributed by atoms with Gasteiger partial charge in [-0.15, -0.1) is 0 Å². The molecule has 10 heteroatoms. The van der Waals surface area contributed by atoms with Crippen LogP contribution in [0.5, 0.6) is 0 Å². The second-order valence-electron chi connectivity index (χ2n) is 3.90. The van der Waals surface area contributed by atoms with Crippen LogP contribution in [0.2, 0.25) is 0 Å². The number of hydrogen-bond acceptors (Lipinski definition) is 7. The Morgan fingerprint density at radius 1 is 1.48 bits per heavy atom. The summed E-state index contributed by atoms with van der Waals surface area (Å²) in [4.78, 5) is 42.6. The summed E-state index contributed by atoms with van der Waals surface area (Å²) in [6, 6.07) is 2.19. The van der Waals surface area contributed by atoms with Gasteiger partial charge < -0.3 is 10.1 Å². The predicted molar refractivity (Wildman–Crippen MR) is 71.6 cm³/mol. The molecule has 0 aliphatic heterocycles. The number of nitrogens with zero attached hydrogens (tertiary/aromatic N) is 3. The topological polar surface area (TPSA) is 139 Å². The van der Waals surface area contributed by atoms with Crippen molar-refractivity contribution >= 4 is 23.4 Å². The lowest BCUT2D eigenvalue weighted by Crippen LogP contribution is -2.08. The SMILES string of the molecule is Cc1cc(=O)[nH]c(Sc2ncc(C(=O)O)cc2[N+](=O)[O-])n1. The van der Waals surface area contributed by atoms with Gasteiger partial charge in [-0.05, 0) is 18.7 Å². The lowest BCUT2D eigenvalue weighted by molar-refractivity contribution is -0.388. The molecule has 108 valence electrons. The average molecular weight is 308 g/mol. The zero-order valence-corrected chi connectivity index (χ0v) is 11.4. The Balaban J connectivity index is 2.46. The molecule has 0 spiro atoms. The fraction of sp³-hybridized carbons (Fsp3) is 0.0909. The number of carboxylic acids is 1. The third-order valence-corrected chi connectivity index (χ3v) is 3.21. The highest BCUT2D eigenvalue weighted by Gasteiger charge is 2.20. The normalized spacial score (nSPS) is 10.3. The van der Waals surface area contributed by atoms with Gasteiger partial charge in [0.15, 0.2) is 10.2 Å². The number of H-pyrrole nitrogens is 1. The van der Waals surface area contributed by atoms with E-state index in [1.54, 1.807) is 6.92 Å². The standard InChI is InChI=1S/C11H8N4O5S/c1-5-2-8(16)14-11(13-5)21-9-7(15(19)20)3-6(4-12-9)10(17)18/h2-4H,1H3,(H,17,18)(H,13,14,16). The van der Waals surface area contributed by atoms with Crippen molar-refractivity contribution in [2.75, 3.05) is 0 Å². The van der Waals surface area contributed by atoms with Crippen LogP contribution in [0.3, 0.4) is 0 Å². The minimum Gasteiger partial charge on any atom is -0.478 e. The minimum atomic E-state index is -1.32. The lowest BCUT2D eigenvalue weighted by atomic mass is 10.3. The number of aromatic amines is 1. The number of pyridine rings is 1. The molecule has 9 nitrogen and oxygen atoms in total. The smallest absolute Gasteiger partial charge is 0.337 e. The largest absolute Gasteiger partial charge is 0.478 e. The molecule has 0 fully saturated rings. The molecule has 0 aliphatic rings. The number of hydrogen-bond donors (Lipinski definition) is 2. The van der Waals surface area contributed by atoms with E-state index in [0.717, 1.165) is 24.0 Å². The van der Waals surface area contributed by atoms with E-state index in [1.165, 1.54) is 6.07 Å². The van der Waals surface area contributed by atoms with E-state index in [-0.39, 0.29) is 15.7 Å². The van der Waals surface area contributed by atoms with Gasteiger partial charge in [-0.25, -0.2) is 14.8 Å². The second-order valence-corrected chi connectivity index (χ2v) is 4.88. The molecule has 0 saturated carbocycles. The maximum atomic E-state index is 11.3. The van der Waals surface area contributed by atoms with E-state index in [9.17, 15) is 19.7 Å². The molecular formula is C11H8N4O5S. The van der Waals surface area contributed by atoms with Crippen LogP contribution < -0.4 is 5.56 Å². The molecular weight excluding hydrogens is 300 g/mol. The van der Waals surface area contributed by atoms with Gasteiger partial charge in [0.1, 0.15) is 0 Å². The third kappa shape index (κ3) is 3.42. The highest BCUT2D eigenvalue weighted by molar-refractivity contribution is 7.99. The number of rotatable bonds is 4. The van der Waals surface area contributed by atoms with Crippen molar-refractivity contribution in [3.05, 3.63) is 50.1 Å². The van der Waals surface area contributed by atoms with E-state index < -0.39 is 22.1 Å². The molecule has 2 aromatic heterocycles. The first kappa shape index (κ1) is 14.7. The van der Waals surface area contributed by atoms with E-state index in [0.29, 0.717) is 5.69 Å². The Morgan fingerprint density at radius 3 is 2.76 bits per heavy atom. The number of nitro groups is 1. The maximum Gasteiger partial charge on any atom is 0.337 e. The highest BCUT2D eigenvalue weighted by atomic mass is 32.2. The van der Waals surface area contributed by atoms with E-state index >= 15 is 0 Å². The van der Waals surface area contributed by atoms with E-state index in [2.05, 4.69) is 15.0 Å². The van der Waals surface area contributed by atoms with Crippen molar-refractivity contribution in [3.8, 4) is 0 Å². The fourth-order valence-corrected chi connectivity index (χ4v) is 2.33. The quantitative estimate of drug-likeness (QED) is 0.488. The molecule has 0 radical (unpaired) electrons. The molecule has 2 rings (SSSR count). The van der Waals surface area contributed by atoms with Gasteiger partial charge in [0.25, 0.3) is 5.56 Å². The van der Waals surface area contributed by atoms with Crippen molar-refractivity contribution < 1.29 is 14.8 Å². The summed E-state index contributed by atoms with van der Waals surface area (Å²) in [5, 5.41) is 19.9. The van der Waals surface area contributed by atoms with E-state index in [4.69, 9.17) is 5.11 Å². The van der Waals surface area contributed by atoms with Crippen LogP contribution in [-0.2, 0) is 0 Å². The first-order valence-electron chi connectivity index (χ1n) is 5.50. The molecule has 0 aliphatic carbocycles. The molecule has 0 unspecified atom stereocenters. The number of nitrogens with one attached hydrogen (secondary N) is 1. The Morgan fingerprint density at radius 2 is 2.19 bits per heavy atom. The number of aryl methyl sites for hydroxylation is 1. The zero-order chi connectivity index (χ0) is 15.6. The first-order valence-corrected chi connectivity index (χ1v) is 6.32. The fourth-order valence-electron chi connectivity index (χ4n) is 1.46. The average Bonchev–Trinajstić information content (AvgIpc) is 2.37. The van der Waals surface area contributed by atoms with Crippen molar-refractivity contribution in [2.24, 2.45) is 0 Å². The molecule has 0 atom stereocenters. The Hall–Kier alpha value is -2.75. The van der Waals surface area contributed by atoms with Gasteiger partial charge in [-0.3, -0.25) is 14.9 Å². The van der Waals surface area contributed by atoms with Crippen LogP contribution in [0.1, 0.15) is 16.1 Å². The predicted octanol–water partition coefficient (Wildman–Crippen LogP) is 1.23. The minimum absolute atomic E-state index is 0.0567. The Labute approximate surface area is 121 Å². The zero-order valence-electron chi connectivity index (χ0n) is 10.6. The molecule has 0 amide bonds. The summed E-state index contributed by atoms with van der Waals surface area (Å²) in [5.74, 6) is -1.32. The monoisotopic (exact) mass is 308 g/mol. The molecule has 0 saturated heterocycles. The lowest BCUT2D eigenvalue weighted by Gasteiger charge is -2.03. The number of carbonyl (C=O) groups is 1. The van der Waals surface area contributed by atoms with Gasteiger partial charge in [-0.1, -0.05) is 0 Å². The Kier molecular flexibility index (Phi) is 3.98. The second kappa shape index (κ2) is 5.71. The van der Waals surface area contributed by atoms with Gasteiger partial charge in [0, 0.05) is 24.0 Å². The van der Waals surface area contributed by atoms with Gasteiger partial charge in [0.05, 0.1) is 10.5 Å². The van der Waals surface area contributed by atoms with Crippen LogP contribution in [0, 0.1) is 17.0 Å². The van der Waals surface area contributed by atoms with Crippen LogP contribution >= 0.6 is 11.8 Å². The van der Waals surface area contributed by atoms with Crippen molar-refractivity contribution in [2.45, 2.75) is 17.1 Å². The van der Waals surface area contributed by atoms with Crippen LogP contribution in [0.25, 0.3) is 0 Å². The number of carboxylic acid groups (broad SMARTS) is 1. The van der Waals surface area contributed by atoms with Crippen molar-refractivity contribution in [1.29, 1.82) is 0 Å². The van der Waals surface area contributed by atoms with Crippen LogP contribution in [0.4, 0.5) is 5.69 Å². The molecule has 21 heavy (non-hydrogen) atoms. The summed E-state index contributed by atoms with van der Waals surface area (Å²) in [7, 11) is 0. The molecule has 0 bridgehead atoms. The first-order chi connectivity index (χ1) is 9.86. The van der Waals surface area contributed by atoms with Gasteiger partial charge in [0.2, 0.25) is 0 Å². The number of aromatic carboxylic acids is 1. The number of aromatic nitrogens is 3. The molecule has 2 heterocycles. The van der Waals surface area contributed by atoms with Crippen LogP contribution in [0.15, 0.2) is 33.3 Å². The third-order valence-electron chi connectivity index (χ3n) is 2.32. The summed E-state index contributed by atoms with van der Waals surface area (Å²) in [6.45, 7) is 1.61. The van der Waals surface area contributed by atoms with Crippen LogP contribution in [-0.4, -0.2) is 31.0 Å².